The molecule has 2 N–H and O–H groups in total. The molecule has 0 aliphatic carbocycles. The second-order valence-electron chi connectivity index (χ2n) is 6.34. The molecule has 0 aromatic heterocycles. The van der Waals surface area contributed by atoms with Gasteiger partial charge in [0.25, 0.3) is 0 Å². The first kappa shape index (κ1) is 20.7. The predicted octanol–water partition coefficient (Wildman–Crippen LogP) is 1.52. The van der Waals surface area contributed by atoms with Crippen LogP contribution in [-0.2, 0) is 15.9 Å². The van der Waals surface area contributed by atoms with E-state index in [0.717, 1.165) is 84.5 Å². The highest BCUT2D eigenvalue weighted by atomic mass is 16.5. The molecule has 1 saturated heterocycles. The van der Waals surface area contributed by atoms with E-state index in [-0.39, 0.29) is 0 Å². The molecule has 0 radical (unpaired) electrons. The molecular formula is C20H34N4O2. The van der Waals surface area contributed by atoms with Gasteiger partial charge in [0.2, 0.25) is 0 Å². The van der Waals surface area contributed by atoms with Gasteiger partial charge in [-0.1, -0.05) is 30.3 Å². The number of hydrogen-bond acceptors (Lipinski definition) is 4. The van der Waals surface area contributed by atoms with Gasteiger partial charge in [0.05, 0.1) is 19.8 Å². The molecule has 2 rings (SSSR count). The van der Waals surface area contributed by atoms with Crippen molar-refractivity contribution in [2.45, 2.75) is 19.8 Å². The summed E-state index contributed by atoms with van der Waals surface area (Å²) in [5.74, 6) is 0.894. The SMILES string of the molecule is CCNC(=NCCCOCCc1ccccc1)NCCN1CCOCC1. The lowest BCUT2D eigenvalue weighted by Gasteiger charge is -2.26. The summed E-state index contributed by atoms with van der Waals surface area (Å²) in [7, 11) is 0. The van der Waals surface area contributed by atoms with Crippen LogP contribution in [-0.4, -0.2) is 76.6 Å². The van der Waals surface area contributed by atoms with Crippen molar-refractivity contribution in [3.63, 3.8) is 0 Å². The fourth-order valence-corrected chi connectivity index (χ4v) is 2.79. The summed E-state index contributed by atoms with van der Waals surface area (Å²) in [6, 6.07) is 10.5. The van der Waals surface area contributed by atoms with E-state index in [9.17, 15) is 0 Å². The molecule has 146 valence electrons. The van der Waals surface area contributed by atoms with Crippen LogP contribution in [0.4, 0.5) is 0 Å². The van der Waals surface area contributed by atoms with Crippen molar-refractivity contribution in [1.29, 1.82) is 0 Å². The van der Waals surface area contributed by atoms with Gasteiger partial charge in [0.15, 0.2) is 5.96 Å². The maximum atomic E-state index is 5.71. The molecule has 1 heterocycles. The van der Waals surface area contributed by atoms with E-state index in [1.165, 1.54) is 5.56 Å². The highest BCUT2D eigenvalue weighted by molar-refractivity contribution is 5.79. The van der Waals surface area contributed by atoms with Gasteiger partial charge in [-0.25, -0.2) is 0 Å². The summed E-state index contributed by atoms with van der Waals surface area (Å²) in [6.45, 7) is 10.9. The Morgan fingerprint density at radius 2 is 1.96 bits per heavy atom. The quantitative estimate of drug-likeness (QED) is 0.355. The van der Waals surface area contributed by atoms with Gasteiger partial charge in [-0.2, -0.15) is 0 Å². The monoisotopic (exact) mass is 362 g/mol. The average Bonchev–Trinajstić information content (AvgIpc) is 2.69. The number of nitrogens with zero attached hydrogens (tertiary/aromatic N) is 2. The van der Waals surface area contributed by atoms with Gasteiger partial charge in [-0.05, 0) is 25.3 Å². The summed E-state index contributed by atoms with van der Waals surface area (Å²) in [6.07, 6.45) is 1.91. The lowest BCUT2D eigenvalue weighted by Crippen LogP contribution is -2.44. The molecule has 1 aliphatic rings. The van der Waals surface area contributed by atoms with Crippen molar-refractivity contribution in [3.05, 3.63) is 35.9 Å². The second-order valence-corrected chi connectivity index (χ2v) is 6.34. The van der Waals surface area contributed by atoms with E-state index in [4.69, 9.17) is 9.47 Å². The number of ether oxygens (including phenoxy) is 2. The first-order valence-electron chi connectivity index (χ1n) is 9.82. The minimum Gasteiger partial charge on any atom is -0.381 e. The Balaban J connectivity index is 1.52. The number of benzene rings is 1. The zero-order valence-corrected chi connectivity index (χ0v) is 16.1. The molecule has 0 atom stereocenters. The first-order valence-corrected chi connectivity index (χ1v) is 9.82. The van der Waals surface area contributed by atoms with Crippen LogP contribution < -0.4 is 10.6 Å². The van der Waals surface area contributed by atoms with Crippen molar-refractivity contribution >= 4 is 5.96 Å². The van der Waals surface area contributed by atoms with Crippen LogP contribution in [0, 0.1) is 0 Å². The smallest absolute Gasteiger partial charge is 0.191 e. The molecule has 1 aliphatic heterocycles. The van der Waals surface area contributed by atoms with Crippen molar-refractivity contribution in [1.82, 2.24) is 15.5 Å². The zero-order valence-electron chi connectivity index (χ0n) is 16.1. The van der Waals surface area contributed by atoms with E-state index >= 15 is 0 Å². The number of aliphatic imine (C=N–C) groups is 1. The molecule has 26 heavy (non-hydrogen) atoms. The standard InChI is InChI=1S/C20H34N4O2/c1-2-21-20(23-11-12-24-13-17-26-18-14-24)22-10-6-15-25-16-9-19-7-4-3-5-8-19/h3-5,7-8H,2,6,9-18H2,1H3,(H2,21,22,23). The molecule has 0 spiro atoms. The lowest BCUT2D eigenvalue weighted by molar-refractivity contribution is 0.0389. The molecule has 6 nitrogen and oxygen atoms in total. The molecule has 0 saturated carbocycles. The molecule has 0 amide bonds. The van der Waals surface area contributed by atoms with Crippen LogP contribution in [0.5, 0.6) is 0 Å². The molecule has 1 fully saturated rings. The van der Waals surface area contributed by atoms with Crippen LogP contribution >= 0.6 is 0 Å². The summed E-state index contributed by atoms with van der Waals surface area (Å²) < 4.78 is 11.1. The Hall–Kier alpha value is -1.63. The fraction of sp³-hybridized carbons (Fsp3) is 0.650. The summed E-state index contributed by atoms with van der Waals surface area (Å²) in [5.41, 5.74) is 1.32. The highest BCUT2D eigenvalue weighted by Gasteiger charge is 2.09. The Morgan fingerprint density at radius 1 is 1.15 bits per heavy atom. The Labute approximate surface area is 158 Å². The maximum absolute atomic E-state index is 5.71. The minimum atomic E-state index is 0.753. The maximum Gasteiger partial charge on any atom is 0.191 e. The number of hydrogen-bond donors (Lipinski definition) is 2. The van der Waals surface area contributed by atoms with Crippen LogP contribution in [0.3, 0.4) is 0 Å². The van der Waals surface area contributed by atoms with E-state index in [0.29, 0.717) is 0 Å². The third-order valence-electron chi connectivity index (χ3n) is 4.26. The topological polar surface area (TPSA) is 58.1 Å². The second kappa shape index (κ2) is 13.6. The van der Waals surface area contributed by atoms with Crippen LogP contribution in [0.15, 0.2) is 35.3 Å². The average molecular weight is 363 g/mol. The predicted molar refractivity (Wildman–Crippen MR) is 107 cm³/mol. The van der Waals surface area contributed by atoms with Crippen LogP contribution in [0.2, 0.25) is 0 Å². The highest BCUT2D eigenvalue weighted by Crippen LogP contribution is 1.99. The molecule has 1 aromatic rings. The molecular weight excluding hydrogens is 328 g/mol. The number of guanidine groups is 1. The van der Waals surface area contributed by atoms with Crippen molar-refractivity contribution in [2.75, 3.05) is 65.7 Å². The number of morpholine rings is 1. The third kappa shape index (κ3) is 9.17. The third-order valence-corrected chi connectivity index (χ3v) is 4.26. The number of rotatable bonds is 11. The van der Waals surface area contributed by atoms with Crippen LogP contribution in [0.25, 0.3) is 0 Å². The van der Waals surface area contributed by atoms with Gasteiger partial charge in [0, 0.05) is 45.9 Å². The fourth-order valence-electron chi connectivity index (χ4n) is 2.79. The van der Waals surface area contributed by atoms with Gasteiger partial charge in [-0.15, -0.1) is 0 Å². The first-order chi connectivity index (χ1) is 12.9. The molecule has 0 unspecified atom stereocenters. The number of nitrogens with one attached hydrogen (secondary N) is 2. The minimum absolute atomic E-state index is 0.753. The van der Waals surface area contributed by atoms with E-state index < -0.39 is 0 Å². The Bertz CT molecular complexity index is 490. The van der Waals surface area contributed by atoms with Gasteiger partial charge >= 0.3 is 0 Å². The van der Waals surface area contributed by atoms with E-state index in [1.54, 1.807) is 0 Å². The normalized spacial score (nSPS) is 15.8. The van der Waals surface area contributed by atoms with Crippen molar-refractivity contribution in [3.8, 4) is 0 Å². The summed E-state index contributed by atoms with van der Waals surface area (Å²) in [4.78, 5) is 7.04. The Kier molecular flexibility index (Phi) is 10.8. The largest absolute Gasteiger partial charge is 0.381 e. The van der Waals surface area contributed by atoms with Gasteiger partial charge < -0.3 is 20.1 Å². The zero-order chi connectivity index (χ0) is 18.3. The van der Waals surface area contributed by atoms with E-state index in [1.807, 2.05) is 6.07 Å². The van der Waals surface area contributed by atoms with Gasteiger partial charge in [-0.3, -0.25) is 9.89 Å². The van der Waals surface area contributed by atoms with Crippen LogP contribution in [0.1, 0.15) is 18.9 Å². The van der Waals surface area contributed by atoms with Gasteiger partial charge in [0.1, 0.15) is 0 Å². The van der Waals surface area contributed by atoms with E-state index in [2.05, 4.69) is 51.7 Å². The molecule has 1 aromatic carbocycles. The van der Waals surface area contributed by atoms with Crippen molar-refractivity contribution in [2.24, 2.45) is 4.99 Å². The molecule has 0 bridgehead atoms. The molecule has 6 heteroatoms. The Morgan fingerprint density at radius 3 is 2.73 bits per heavy atom. The summed E-state index contributed by atoms with van der Waals surface area (Å²) in [5, 5.41) is 6.71. The lowest BCUT2D eigenvalue weighted by atomic mass is 10.2. The van der Waals surface area contributed by atoms with Crippen molar-refractivity contribution < 1.29 is 9.47 Å². The summed E-state index contributed by atoms with van der Waals surface area (Å²) >= 11 is 0.